The lowest BCUT2D eigenvalue weighted by Gasteiger charge is -2.09. The highest BCUT2D eigenvalue weighted by Crippen LogP contribution is 2.07. The Morgan fingerprint density at radius 1 is 1.22 bits per heavy atom. The highest BCUT2D eigenvalue weighted by Gasteiger charge is 2.13. The molecule has 0 aliphatic heterocycles. The second kappa shape index (κ2) is 6.79. The maximum atomic E-state index is 11.5. The van der Waals surface area contributed by atoms with Gasteiger partial charge in [0.1, 0.15) is 6.04 Å². The van der Waals surface area contributed by atoms with E-state index in [1.807, 2.05) is 24.3 Å². The van der Waals surface area contributed by atoms with Crippen LogP contribution in [0.2, 0.25) is 0 Å². The Morgan fingerprint density at radius 3 is 2.28 bits per heavy atom. The maximum Gasteiger partial charge on any atom is 0.325 e. The van der Waals surface area contributed by atoms with Crippen molar-refractivity contribution >= 4 is 11.9 Å². The van der Waals surface area contributed by atoms with E-state index in [0.717, 1.165) is 12.0 Å². The van der Waals surface area contributed by atoms with Crippen molar-refractivity contribution < 1.29 is 14.7 Å². The van der Waals surface area contributed by atoms with E-state index in [-0.39, 0.29) is 5.91 Å². The average molecular weight is 249 g/mol. The topological polar surface area (TPSA) is 66.4 Å². The summed E-state index contributed by atoms with van der Waals surface area (Å²) in [5.41, 5.74) is 2.35. The van der Waals surface area contributed by atoms with Crippen LogP contribution in [-0.4, -0.2) is 23.0 Å². The smallest absolute Gasteiger partial charge is 0.325 e. The number of benzene rings is 1. The van der Waals surface area contributed by atoms with Crippen LogP contribution in [0.3, 0.4) is 0 Å². The molecule has 1 amide bonds. The minimum atomic E-state index is -1.02. The zero-order chi connectivity index (χ0) is 13.5. The summed E-state index contributed by atoms with van der Waals surface area (Å²) in [6, 6.07) is 7.28. The summed E-state index contributed by atoms with van der Waals surface area (Å²) in [5, 5.41) is 11.1. The molecule has 0 aliphatic carbocycles. The van der Waals surface area contributed by atoms with Crippen LogP contribution in [0.25, 0.3) is 0 Å². The van der Waals surface area contributed by atoms with Gasteiger partial charge in [0.25, 0.3) is 0 Å². The highest BCUT2D eigenvalue weighted by molar-refractivity contribution is 5.83. The largest absolute Gasteiger partial charge is 0.480 e. The number of amides is 1. The molecule has 4 heteroatoms. The second-order valence-electron chi connectivity index (χ2n) is 4.30. The van der Waals surface area contributed by atoms with Crippen molar-refractivity contribution in [2.75, 3.05) is 0 Å². The second-order valence-corrected chi connectivity index (χ2v) is 4.30. The van der Waals surface area contributed by atoms with E-state index in [1.54, 1.807) is 0 Å². The van der Waals surface area contributed by atoms with Crippen LogP contribution in [0.15, 0.2) is 24.3 Å². The molecule has 1 rings (SSSR count). The Kier molecular flexibility index (Phi) is 5.36. The van der Waals surface area contributed by atoms with Gasteiger partial charge in [0, 0.05) is 6.42 Å². The Labute approximate surface area is 107 Å². The van der Waals surface area contributed by atoms with Crippen molar-refractivity contribution in [2.45, 2.75) is 39.2 Å². The molecule has 0 aliphatic rings. The van der Waals surface area contributed by atoms with Gasteiger partial charge in [-0.3, -0.25) is 9.59 Å². The van der Waals surface area contributed by atoms with Crippen molar-refractivity contribution in [3.63, 3.8) is 0 Å². The van der Waals surface area contributed by atoms with Crippen molar-refractivity contribution in [2.24, 2.45) is 0 Å². The van der Waals surface area contributed by atoms with Gasteiger partial charge in [0.15, 0.2) is 0 Å². The van der Waals surface area contributed by atoms with Gasteiger partial charge in [-0.15, -0.1) is 0 Å². The van der Waals surface area contributed by atoms with Gasteiger partial charge in [-0.1, -0.05) is 31.2 Å². The Morgan fingerprint density at radius 2 is 1.78 bits per heavy atom. The van der Waals surface area contributed by atoms with Gasteiger partial charge in [-0.2, -0.15) is 0 Å². The molecule has 2 N–H and O–H groups in total. The average Bonchev–Trinajstić information content (AvgIpc) is 2.36. The van der Waals surface area contributed by atoms with E-state index in [9.17, 15) is 9.59 Å². The first kappa shape index (κ1) is 14.2. The summed E-state index contributed by atoms with van der Waals surface area (Å²) in [4.78, 5) is 22.0. The standard InChI is InChI=1S/C14H19NO3/c1-3-11-4-6-12(7-5-11)8-9-13(16)15-10(2)14(17)18/h4-7,10H,3,8-9H2,1-2H3,(H,15,16)(H,17,18)/t10-/m1/s1. The fraction of sp³-hybridized carbons (Fsp3) is 0.429. The number of carbonyl (C=O) groups is 2. The molecule has 0 saturated carbocycles. The Hall–Kier alpha value is -1.84. The summed E-state index contributed by atoms with van der Waals surface area (Å²) >= 11 is 0. The molecular formula is C14H19NO3. The van der Waals surface area contributed by atoms with Crippen molar-refractivity contribution in [1.29, 1.82) is 0 Å². The van der Waals surface area contributed by atoms with Crippen LogP contribution in [0, 0.1) is 0 Å². The van der Waals surface area contributed by atoms with E-state index in [4.69, 9.17) is 5.11 Å². The first-order valence-electron chi connectivity index (χ1n) is 6.13. The van der Waals surface area contributed by atoms with E-state index in [1.165, 1.54) is 12.5 Å². The predicted octanol–water partition coefficient (Wildman–Crippen LogP) is 1.77. The van der Waals surface area contributed by atoms with Gasteiger partial charge in [-0.05, 0) is 30.9 Å². The van der Waals surface area contributed by atoms with Crippen LogP contribution in [0.1, 0.15) is 31.4 Å². The van der Waals surface area contributed by atoms with E-state index in [2.05, 4.69) is 12.2 Å². The minimum absolute atomic E-state index is 0.232. The van der Waals surface area contributed by atoms with Crippen LogP contribution in [0.4, 0.5) is 0 Å². The molecule has 1 aromatic carbocycles. The zero-order valence-corrected chi connectivity index (χ0v) is 10.8. The molecule has 98 valence electrons. The zero-order valence-electron chi connectivity index (χ0n) is 10.8. The number of aryl methyl sites for hydroxylation is 2. The van der Waals surface area contributed by atoms with E-state index >= 15 is 0 Å². The molecule has 4 nitrogen and oxygen atoms in total. The Bertz CT molecular complexity index is 412. The molecule has 0 heterocycles. The van der Waals surface area contributed by atoms with Gasteiger partial charge >= 0.3 is 5.97 Å². The number of nitrogens with one attached hydrogen (secondary N) is 1. The molecule has 18 heavy (non-hydrogen) atoms. The molecule has 0 spiro atoms. The summed E-state index contributed by atoms with van der Waals surface area (Å²) in [6.45, 7) is 3.55. The molecule has 0 unspecified atom stereocenters. The van der Waals surface area contributed by atoms with Crippen molar-refractivity contribution in [3.05, 3.63) is 35.4 Å². The van der Waals surface area contributed by atoms with E-state index in [0.29, 0.717) is 12.8 Å². The third kappa shape index (κ3) is 4.57. The van der Waals surface area contributed by atoms with Crippen molar-refractivity contribution in [3.8, 4) is 0 Å². The summed E-state index contributed by atoms with van der Waals surface area (Å²) in [7, 11) is 0. The lowest BCUT2D eigenvalue weighted by atomic mass is 10.1. The SMILES string of the molecule is CCc1ccc(CCC(=O)N[C@H](C)C(=O)O)cc1. The quantitative estimate of drug-likeness (QED) is 0.807. The number of rotatable bonds is 6. The van der Waals surface area contributed by atoms with Gasteiger partial charge in [0.05, 0.1) is 0 Å². The number of carbonyl (C=O) groups excluding carboxylic acids is 1. The normalized spacial score (nSPS) is 11.9. The summed E-state index contributed by atoms with van der Waals surface area (Å²) < 4.78 is 0. The molecule has 0 bridgehead atoms. The predicted molar refractivity (Wildman–Crippen MR) is 69.4 cm³/mol. The van der Waals surface area contributed by atoms with Crippen LogP contribution in [-0.2, 0) is 22.4 Å². The van der Waals surface area contributed by atoms with Crippen LogP contribution in [0.5, 0.6) is 0 Å². The number of hydrogen-bond donors (Lipinski definition) is 2. The monoisotopic (exact) mass is 249 g/mol. The third-order valence-corrected chi connectivity index (χ3v) is 2.82. The van der Waals surface area contributed by atoms with Crippen LogP contribution >= 0.6 is 0 Å². The molecule has 0 fully saturated rings. The highest BCUT2D eigenvalue weighted by atomic mass is 16.4. The summed E-state index contributed by atoms with van der Waals surface area (Å²) in [6.07, 6.45) is 1.93. The molecule has 1 atom stereocenters. The van der Waals surface area contributed by atoms with E-state index < -0.39 is 12.0 Å². The van der Waals surface area contributed by atoms with Gasteiger partial charge in [0.2, 0.25) is 5.91 Å². The van der Waals surface area contributed by atoms with Gasteiger partial charge in [-0.25, -0.2) is 0 Å². The lowest BCUT2D eigenvalue weighted by Crippen LogP contribution is -2.38. The molecule has 0 radical (unpaired) electrons. The maximum absolute atomic E-state index is 11.5. The lowest BCUT2D eigenvalue weighted by molar-refractivity contribution is -0.141. The number of carboxylic acids is 1. The third-order valence-electron chi connectivity index (χ3n) is 2.82. The fourth-order valence-corrected chi connectivity index (χ4v) is 1.57. The van der Waals surface area contributed by atoms with Crippen LogP contribution < -0.4 is 5.32 Å². The minimum Gasteiger partial charge on any atom is -0.480 e. The number of aliphatic carboxylic acids is 1. The first-order chi connectivity index (χ1) is 8.52. The molecule has 0 saturated heterocycles. The number of carboxylic acid groups (broad SMARTS) is 1. The number of hydrogen-bond acceptors (Lipinski definition) is 2. The van der Waals surface area contributed by atoms with Crippen molar-refractivity contribution in [1.82, 2.24) is 5.32 Å². The fourth-order valence-electron chi connectivity index (χ4n) is 1.57. The Balaban J connectivity index is 2.40. The first-order valence-corrected chi connectivity index (χ1v) is 6.13. The molecule has 0 aromatic heterocycles. The molecular weight excluding hydrogens is 230 g/mol. The summed E-state index contributed by atoms with van der Waals surface area (Å²) in [5.74, 6) is -1.25. The van der Waals surface area contributed by atoms with Gasteiger partial charge < -0.3 is 10.4 Å². The molecule has 1 aromatic rings.